The van der Waals surface area contributed by atoms with E-state index in [1.165, 1.54) is 11.1 Å². The van der Waals surface area contributed by atoms with Crippen molar-refractivity contribution in [2.24, 2.45) is 23.7 Å². The van der Waals surface area contributed by atoms with Gasteiger partial charge in [-0.15, -0.1) is 0 Å². The van der Waals surface area contributed by atoms with Crippen molar-refractivity contribution in [3.63, 3.8) is 0 Å². The van der Waals surface area contributed by atoms with Gasteiger partial charge in [0.05, 0.1) is 12.7 Å². The molecule has 2 fully saturated rings. The van der Waals surface area contributed by atoms with Crippen molar-refractivity contribution in [2.45, 2.75) is 50.0 Å². The quantitative estimate of drug-likeness (QED) is 0.734. The van der Waals surface area contributed by atoms with Gasteiger partial charge < -0.3 is 15.1 Å². The standard InChI is InChI=1S/C18H25NO3/c19-22-9-10-7-17-13(12-2-1-11(20)8-16(10)12)3-4-15-14(17)5-6-18(15)21/h1-2,8,10,13-15,17-18,20-21H,3-7,9,19H2/t10-,13+,14+,15?,17+,18-/m0/s1. The third-order valence-electron chi connectivity index (χ3n) is 6.48. The maximum absolute atomic E-state index is 10.2. The molecule has 120 valence electrons. The largest absolute Gasteiger partial charge is 0.508 e. The molecule has 0 heterocycles. The molecule has 0 bridgehead atoms. The topological polar surface area (TPSA) is 75.7 Å². The van der Waals surface area contributed by atoms with Gasteiger partial charge in [0, 0.05) is 5.92 Å². The van der Waals surface area contributed by atoms with Gasteiger partial charge in [-0.3, -0.25) is 0 Å². The van der Waals surface area contributed by atoms with E-state index in [0.717, 1.165) is 32.1 Å². The molecule has 2 saturated carbocycles. The highest BCUT2D eigenvalue weighted by Crippen LogP contribution is 2.57. The second-order valence-corrected chi connectivity index (χ2v) is 7.40. The number of phenolic OH excluding ortho intramolecular Hbond substituents is 1. The number of aliphatic hydroxyl groups is 1. The summed E-state index contributed by atoms with van der Waals surface area (Å²) in [5, 5.41) is 20.1. The van der Waals surface area contributed by atoms with Crippen LogP contribution >= 0.6 is 0 Å². The molecule has 1 aromatic carbocycles. The van der Waals surface area contributed by atoms with Gasteiger partial charge in [0.25, 0.3) is 0 Å². The molecule has 4 nitrogen and oxygen atoms in total. The average Bonchev–Trinajstić information content (AvgIpc) is 2.89. The van der Waals surface area contributed by atoms with Crippen LogP contribution in [0.15, 0.2) is 18.2 Å². The van der Waals surface area contributed by atoms with Crippen molar-refractivity contribution < 1.29 is 15.1 Å². The predicted octanol–water partition coefficient (Wildman–Crippen LogP) is 2.65. The van der Waals surface area contributed by atoms with Gasteiger partial charge in [-0.2, -0.15) is 0 Å². The molecule has 4 rings (SSSR count). The molecule has 0 radical (unpaired) electrons. The average molecular weight is 303 g/mol. The van der Waals surface area contributed by atoms with Gasteiger partial charge in [0.15, 0.2) is 0 Å². The fourth-order valence-electron chi connectivity index (χ4n) is 5.61. The zero-order chi connectivity index (χ0) is 15.3. The highest BCUT2D eigenvalue weighted by molar-refractivity contribution is 5.42. The number of aliphatic hydroxyl groups excluding tert-OH is 1. The summed E-state index contributed by atoms with van der Waals surface area (Å²) in [6.45, 7) is 0.500. The Morgan fingerprint density at radius 3 is 2.68 bits per heavy atom. The Hall–Kier alpha value is -1.10. The number of nitrogens with two attached hydrogens (primary N) is 1. The second-order valence-electron chi connectivity index (χ2n) is 7.40. The number of hydrogen-bond donors (Lipinski definition) is 3. The molecule has 6 atom stereocenters. The molecule has 4 N–H and O–H groups in total. The van der Waals surface area contributed by atoms with Gasteiger partial charge in [-0.05, 0) is 79.0 Å². The van der Waals surface area contributed by atoms with Crippen LogP contribution in [-0.4, -0.2) is 22.9 Å². The Morgan fingerprint density at radius 2 is 1.86 bits per heavy atom. The normalized spacial score (nSPS) is 39.9. The Bertz CT molecular complexity index is 561. The number of fused-ring (bicyclic) bond motifs is 5. The summed E-state index contributed by atoms with van der Waals surface area (Å²) in [7, 11) is 0. The molecule has 0 amide bonds. The molecule has 0 aromatic heterocycles. The molecule has 1 unspecified atom stereocenters. The van der Waals surface area contributed by atoms with Crippen LogP contribution in [0.2, 0.25) is 0 Å². The van der Waals surface area contributed by atoms with E-state index in [2.05, 4.69) is 6.07 Å². The molecular formula is C18H25NO3. The van der Waals surface area contributed by atoms with Crippen molar-refractivity contribution in [3.05, 3.63) is 29.3 Å². The van der Waals surface area contributed by atoms with E-state index < -0.39 is 0 Å². The molecule has 3 aliphatic rings. The molecular weight excluding hydrogens is 278 g/mol. The Kier molecular flexibility index (Phi) is 3.63. The zero-order valence-corrected chi connectivity index (χ0v) is 12.8. The Balaban J connectivity index is 1.72. The van der Waals surface area contributed by atoms with Gasteiger partial charge in [-0.1, -0.05) is 6.07 Å². The summed E-state index contributed by atoms with van der Waals surface area (Å²) in [6.07, 6.45) is 5.35. The van der Waals surface area contributed by atoms with Crippen LogP contribution in [0.1, 0.15) is 55.1 Å². The molecule has 22 heavy (non-hydrogen) atoms. The highest BCUT2D eigenvalue weighted by Gasteiger charge is 2.49. The third-order valence-corrected chi connectivity index (χ3v) is 6.48. The summed E-state index contributed by atoms with van der Waals surface area (Å²) in [5.41, 5.74) is 2.58. The van der Waals surface area contributed by atoms with Gasteiger partial charge in [-0.25, -0.2) is 5.90 Å². The lowest BCUT2D eigenvalue weighted by Crippen LogP contribution is -2.38. The smallest absolute Gasteiger partial charge is 0.115 e. The first-order chi connectivity index (χ1) is 10.7. The first-order valence-electron chi connectivity index (χ1n) is 8.51. The number of phenols is 1. The first kappa shape index (κ1) is 14.5. The van der Waals surface area contributed by atoms with Gasteiger partial charge in [0.2, 0.25) is 0 Å². The van der Waals surface area contributed by atoms with E-state index in [9.17, 15) is 10.2 Å². The minimum Gasteiger partial charge on any atom is -0.508 e. The zero-order valence-electron chi connectivity index (χ0n) is 12.8. The van der Waals surface area contributed by atoms with E-state index in [1.54, 1.807) is 6.07 Å². The van der Waals surface area contributed by atoms with E-state index >= 15 is 0 Å². The van der Waals surface area contributed by atoms with Crippen LogP contribution < -0.4 is 5.90 Å². The van der Waals surface area contributed by atoms with Crippen molar-refractivity contribution in [1.29, 1.82) is 0 Å². The number of hydrogen-bond acceptors (Lipinski definition) is 4. The summed E-state index contributed by atoms with van der Waals surface area (Å²) in [5.74, 6) is 8.23. The fraction of sp³-hybridized carbons (Fsp3) is 0.667. The highest BCUT2D eigenvalue weighted by atomic mass is 16.6. The van der Waals surface area contributed by atoms with Crippen LogP contribution in [0.3, 0.4) is 0 Å². The third kappa shape index (κ3) is 2.16. The molecule has 0 aliphatic heterocycles. The van der Waals surface area contributed by atoms with Crippen LogP contribution in [0.4, 0.5) is 0 Å². The van der Waals surface area contributed by atoms with Crippen molar-refractivity contribution >= 4 is 0 Å². The Labute approximate surface area is 131 Å². The lowest BCUT2D eigenvalue weighted by Gasteiger charge is -2.46. The summed E-state index contributed by atoms with van der Waals surface area (Å²) in [6, 6.07) is 5.79. The summed E-state index contributed by atoms with van der Waals surface area (Å²) < 4.78 is 0. The fourth-order valence-corrected chi connectivity index (χ4v) is 5.61. The van der Waals surface area contributed by atoms with E-state index in [0.29, 0.717) is 36.0 Å². The van der Waals surface area contributed by atoms with Crippen LogP contribution in [-0.2, 0) is 4.84 Å². The maximum Gasteiger partial charge on any atom is 0.115 e. The van der Waals surface area contributed by atoms with Crippen molar-refractivity contribution in [1.82, 2.24) is 0 Å². The minimum atomic E-state index is -0.101. The second kappa shape index (κ2) is 5.52. The van der Waals surface area contributed by atoms with E-state index in [-0.39, 0.29) is 12.0 Å². The maximum atomic E-state index is 10.2. The molecule has 4 heteroatoms. The van der Waals surface area contributed by atoms with Gasteiger partial charge in [0.1, 0.15) is 5.75 Å². The lowest BCUT2D eigenvalue weighted by atomic mass is 9.58. The van der Waals surface area contributed by atoms with Gasteiger partial charge >= 0.3 is 0 Å². The molecule has 3 aliphatic carbocycles. The summed E-state index contributed by atoms with van der Waals surface area (Å²) in [4.78, 5) is 4.96. The SMILES string of the molecule is NOC[C@@H]1C[C@@H]2[C@H](CCC3[C@H]2CC[C@@H]3O)c2ccc(O)cc21. The number of aromatic hydroxyl groups is 1. The molecule has 0 spiro atoms. The molecule has 0 saturated heterocycles. The predicted molar refractivity (Wildman–Crippen MR) is 83.3 cm³/mol. The van der Waals surface area contributed by atoms with Crippen LogP contribution in [0.25, 0.3) is 0 Å². The molecule has 1 aromatic rings. The van der Waals surface area contributed by atoms with Crippen molar-refractivity contribution in [3.8, 4) is 5.75 Å². The monoisotopic (exact) mass is 303 g/mol. The van der Waals surface area contributed by atoms with Crippen LogP contribution in [0, 0.1) is 17.8 Å². The number of benzene rings is 1. The Morgan fingerprint density at radius 1 is 1.05 bits per heavy atom. The van der Waals surface area contributed by atoms with Crippen LogP contribution in [0.5, 0.6) is 5.75 Å². The first-order valence-corrected chi connectivity index (χ1v) is 8.51. The number of rotatable bonds is 2. The minimum absolute atomic E-state index is 0.101. The van der Waals surface area contributed by atoms with E-state index in [1.807, 2.05) is 6.07 Å². The van der Waals surface area contributed by atoms with E-state index in [4.69, 9.17) is 10.7 Å². The van der Waals surface area contributed by atoms with Crippen molar-refractivity contribution in [2.75, 3.05) is 6.61 Å². The lowest BCUT2D eigenvalue weighted by molar-refractivity contribution is 0.0419. The summed E-state index contributed by atoms with van der Waals surface area (Å²) >= 11 is 0.